The molecule has 1 heterocycles. The molecule has 1 aliphatic heterocycles. The van der Waals surface area contributed by atoms with Crippen LogP contribution in [0.4, 0.5) is 24.5 Å². The molecule has 0 spiro atoms. The number of rotatable bonds is 6. The summed E-state index contributed by atoms with van der Waals surface area (Å²) in [5, 5.41) is 13.9. The summed E-state index contributed by atoms with van der Waals surface area (Å²) in [7, 11) is -3.32. The van der Waals surface area contributed by atoms with Gasteiger partial charge in [0.2, 0.25) is 0 Å². The van der Waals surface area contributed by atoms with Gasteiger partial charge in [-0.15, -0.1) is 0 Å². The van der Waals surface area contributed by atoms with Crippen LogP contribution in [0, 0.1) is 15.5 Å². The van der Waals surface area contributed by atoms with Gasteiger partial charge in [0.25, 0.3) is 5.69 Å². The van der Waals surface area contributed by atoms with Crippen molar-refractivity contribution in [1.29, 1.82) is 0 Å². The fraction of sp³-hybridized carbons (Fsp3) is 0.600. The summed E-state index contributed by atoms with van der Waals surface area (Å²) in [5.74, 6) is -0.134. The van der Waals surface area contributed by atoms with Gasteiger partial charge in [-0.3, -0.25) is 10.1 Å². The molecule has 1 saturated heterocycles. The van der Waals surface area contributed by atoms with Crippen LogP contribution in [0.25, 0.3) is 0 Å². The molecule has 0 aromatic heterocycles. The van der Waals surface area contributed by atoms with Gasteiger partial charge in [-0.05, 0) is 25.0 Å². The molecule has 0 atom stereocenters. The summed E-state index contributed by atoms with van der Waals surface area (Å²) < 4.78 is 67.0. The smallest absolute Gasteiger partial charge is 0.381 e. The zero-order chi connectivity index (χ0) is 19.6. The molecule has 0 radical (unpaired) electrons. The van der Waals surface area contributed by atoms with Crippen LogP contribution in [0.2, 0.25) is 0 Å². The number of nitrogens with zero attached hydrogens (tertiary/aromatic N) is 1. The predicted molar refractivity (Wildman–Crippen MR) is 88.8 cm³/mol. The van der Waals surface area contributed by atoms with Crippen LogP contribution in [0.15, 0.2) is 18.2 Å². The number of nitrogens with one attached hydrogen (secondary N) is 1. The first-order valence-electron chi connectivity index (χ1n) is 7.77. The number of nitro benzene ring substituents is 1. The molecular formula is C15H19F3N2O5S. The highest BCUT2D eigenvalue weighted by Gasteiger charge is 2.37. The minimum Gasteiger partial charge on any atom is -0.381 e. The van der Waals surface area contributed by atoms with Crippen molar-refractivity contribution in [2.75, 3.05) is 37.1 Å². The third-order valence-corrected chi connectivity index (χ3v) is 5.43. The molecule has 0 saturated carbocycles. The van der Waals surface area contributed by atoms with E-state index in [1.807, 2.05) is 0 Å². The molecule has 146 valence electrons. The van der Waals surface area contributed by atoms with E-state index in [-0.39, 0.29) is 18.0 Å². The van der Waals surface area contributed by atoms with E-state index in [9.17, 15) is 31.7 Å². The fourth-order valence-electron chi connectivity index (χ4n) is 3.02. The van der Waals surface area contributed by atoms with Crippen LogP contribution in [-0.4, -0.2) is 45.1 Å². The molecule has 0 unspecified atom stereocenters. The lowest BCUT2D eigenvalue weighted by Gasteiger charge is -2.36. The Bertz CT molecular complexity index is 774. The highest BCUT2D eigenvalue weighted by atomic mass is 32.2. The van der Waals surface area contributed by atoms with Crippen molar-refractivity contribution in [3.63, 3.8) is 0 Å². The quantitative estimate of drug-likeness (QED) is 0.586. The number of halogens is 3. The van der Waals surface area contributed by atoms with E-state index < -0.39 is 37.6 Å². The Balaban J connectivity index is 2.27. The molecule has 1 N–H and O–H groups in total. The number of alkyl halides is 3. The highest BCUT2D eigenvalue weighted by Crippen LogP contribution is 2.37. The molecule has 26 heavy (non-hydrogen) atoms. The zero-order valence-electron chi connectivity index (χ0n) is 14.0. The lowest BCUT2D eigenvalue weighted by atomic mass is 9.82. The van der Waals surface area contributed by atoms with Crippen LogP contribution in [0.5, 0.6) is 0 Å². The van der Waals surface area contributed by atoms with Crippen LogP contribution < -0.4 is 5.32 Å². The Morgan fingerprint density at radius 1 is 1.31 bits per heavy atom. The summed E-state index contributed by atoms with van der Waals surface area (Å²) >= 11 is 0. The van der Waals surface area contributed by atoms with E-state index in [1.165, 1.54) is 0 Å². The maximum absolute atomic E-state index is 12.8. The minimum absolute atomic E-state index is 0.0790. The largest absolute Gasteiger partial charge is 0.416 e. The summed E-state index contributed by atoms with van der Waals surface area (Å²) in [6.45, 7) is 0.786. The average molecular weight is 396 g/mol. The van der Waals surface area contributed by atoms with Gasteiger partial charge < -0.3 is 10.1 Å². The van der Waals surface area contributed by atoms with E-state index in [4.69, 9.17) is 4.74 Å². The molecule has 7 nitrogen and oxygen atoms in total. The number of hydrogen-bond acceptors (Lipinski definition) is 6. The number of anilines is 1. The summed E-state index contributed by atoms with van der Waals surface area (Å²) in [6, 6.07) is 2.21. The van der Waals surface area contributed by atoms with Gasteiger partial charge >= 0.3 is 6.18 Å². The van der Waals surface area contributed by atoms with E-state index in [0.29, 0.717) is 32.1 Å². The Kier molecular flexibility index (Phi) is 5.81. The average Bonchev–Trinajstić information content (AvgIpc) is 2.51. The first kappa shape index (κ1) is 20.4. The predicted octanol–water partition coefficient (Wildman–Crippen LogP) is 2.87. The molecule has 0 bridgehead atoms. The van der Waals surface area contributed by atoms with Gasteiger partial charge in [-0.2, -0.15) is 13.2 Å². The first-order chi connectivity index (χ1) is 11.9. The van der Waals surface area contributed by atoms with E-state index in [2.05, 4.69) is 5.32 Å². The molecule has 0 amide bonds. The minimum atomic E-state index is -4.69. The zero-order valence-corrected chi connectivity index (χ0v) is 14.8. The fourth-order valence-corrected chi connectivity index (χ4v) is 4.53. The lowest BCUT2D eigenvalue weighted by Crippen LogP contribution is -2.41. The van der Waals surface area contributed by atoms with Crippen molar-refractivity contribution in [1.82, 2.24) is 0 Å². The van der Waals surface area contributed by atoms with Crippen molar-refractivity contribution >= 4 is 21.2 Å². The Morgan fingerprint density at radius 3 is 2.42 bits per heavy atom. The first-order valence-corrected chi connectivity index (χ1v) is 9.83. The van der Waals surface area contributed by atoms with Crippen molar-refractivity contribution in [2.45, 2.75) is 19.0 Å². The number of benzene rings is 1. The van der Waals surface area contributed by atoms with Crippen LogP contribution in [-0.2, 0) is 20.8 Å². The Morgan fingerprint density at radius 2 is 1.92 bits per heavy atom. The lowest BCUT2D eigenvalue weighted by molar-refractivity contribution is -0.384. The van der Waals surface area contributed by atoms with E-state index in [1.54, 1.807) is 0 Å². The summed E-state index contributed by atoms with van der Waals surface area (Å²) in [4.78, 5) is 10.2. The summed E-state index contributed by atoms with van der Waals surface area (Å²) in [6.07, 6.45) is -2.73. The SMILES string of the molecule is CS(=O)(=O)CC1(CNc2ccc(C(F)(F)F)cc2[N+](=O)[O-])CCOCC1. The van der Waals surface area contributed by atoms with E-state index >= 15 is 0 Å². The van der Waals surface area contributed by atoms with Crippen LogP contribution in [0.3, 0.4) is 0 Å². The topological polar surface area (TPSA) is 98.5 Å². The third-order valence-electron chi connectivity index (χ3n) is 4.30. The summed E-state index contributed by atoms with van der Waals surface area (Å²) in [5.41, 5.74) is -2.60. The standard InChI is InChI=1S/C15H19F3N2O5S/c1-26(23,24)10-14(4-6-25-7-5-14)9-19-12-3-2-11(15(16,17)18)8-13(12)20(21)22/h2-3,8,19H,4-7,9-10H2,1H3. The van der Waals surface area contributed by atoms with Crippen molar-refractivity contribution in [3.8, 4) is 0 Å². The molecule has 1 aliphatic rings. The molecule has 2 rings (SSSR count). The highest BCUT2D eigenvalue weighted by molar-refractivity contribution is 7.90. The monoisotopic (exact) mass is 396 g/mol. The van der Waals surface area contributed by atoms with Crippen LogP contribution >= 0.6 is 0 Å². The molecule has 1 fully saturated rings. The van der Waals surface area contributed by atoms with Gasteiger partial charge in [-0.1, -0.05) is 0 Å². The molecule has 1 aromatic rings. The van der Waals surface area contributed by atoms with Crippen molar-refractivity contribution in [3.05, 3.63) is 33.9 Å². The van der Waals surface area contributed by atoms with Gasteiger partial charge in [0.05, 0.1) is 16.2 Å². The van der Waals surface area contributed by atoms with Gasteiger partial charge in [0.1, 0.15) is 15.5 Å². The number of nitro groups is 1. The molecule has 1 aromatic carbocycles. The van der Waals surface area contributed by atoms with Crippen molar-refractivity contribution in [2.24, 2.45) is 5.41 Å². The van der Waals surface area contributed by atoms with Gasteiger partial charge in [0.15, 0.2) is 0 Å². The number of sulfone groups is 1. The Hall–Kier alpha value is -1.88. The van der Waals surface area contributed by atoms with Crippen molar-refractivity contribution < 1.29 is 31.2 Å². The Labute approximate surface area is 148 Å². The second-order valence-corrected chi connectivity index (χ2v) is 8.66. The third kappa shape index (κ3) is 5.31. The second kappa shape index (κ2) is 7.39. The molecular weight excluding hydrogens is 377 g/mol. The van der Waals surface area contributed by atoms with Crippen LogP contribution in [0.1, 0.15) is 18.4 Å². The van der Waals surface area contributed by atoms with E-state index in [0.717, 1.165) is 18.4 Å². The molecule has 0 aliphatic carbocycles. The maximum atomic E-state index is 12.8. The second-order valence-electron chi connectivity index (χ2n) is 6.52. The van der Waals surface area contributed by atoms with Gasteiger partial charge in [-0.25, -0.2) is 8.42 Å². The maximum Gasteiger partial charge on any atom is 0.416 e. The normalized spacial score (nSPS) is 17.7. The number of hydrogen-bond donors (Lipinski definition) is 1. The number of ether oxygens (including phenoxy) is 1. The van der Waals surface area contributed by atoms with Gasteiger partial charge in [0, 0.05) is 37.5 Å². The molecule has 11 heteroatoms.